The molecule has 1 saturated carbocycles. The van der Waals surface area contributed by atoms with Crippen LogP contribution in [0, 0.1) is 11.7 Å². The predicted octanol–water partition coefficient (Wildman–Crippen LogP) is 4.40. The smallest absolute Gasteiger partial charge is 0.416 e. The maximum atomic E-state index is 13.9. The van der Waals surface area contributed by atoms with Gasteiger partial charge in [-0.1, -0.05) is 18.2 Å². The number of carbonyl (C=O) groups excluding carboxylic acids is 1. The molecule has 31 heavy (non-hydrogen) atoms. The maximum absolute atomic E-state index is 13.9. The third-order valence-electron chi connectivity index (χ3n) is 6.17. The molecule has 1 aromatic carbocycles. The molecule has 3 heterocycles. The van der Waals surface area contributed by atoms with E-state index >= 15 is 0 Å². The number of aromatic nitrogens is 3. The summed E-state index contributed by atoms with van der Waals surface area (Å²) in [6.07, 6.45) is 6.71. The van der Waals surface area contributed by atoms with Crippen molar-refractivity contribution in [1.29, 1.82) is 0 Å². The molecule has 0 radical (unpaired) electrons. The molecule has 8 heteroatoms. The second kappa shape index (κ2) is 8.02. The number of halogens is 1. The number of pyridine rings is 1. The van der Waals surface area contributed by atoms with Gasteiger partial charge in [-0.2, -0.15) is 5.10 Å². The molecule has 1 saturated heterocycles. The van der Waals surface area contributed by atoms with Crippen molar-refractivity contribution in [1.82, 2.24) is 14.8 Å². The fourth-order valence-electron chi connectivity index (χ4n) is 4.42. The SMILES string of the molecule is O=C1O[C@]2(CC[C@H](CNc3ccn(-c4ccccc4F)n3)CC2)CN1c1ccccn1. The predicted molar refractivity (Wildman–Crippen MR) is 115 cm³/mol. The van der Waals surface area contributed by atoms with Crippen LogP contribution in [-0.2, 0) is 4.74 Å². The lowest BCUT2D eigenvalue weighted by Crippen LogP contribution is -2.39. The van der Waals surface area contributed by atoms with Crippen LogP contribution in [0.4, 0.5) is 20.8 Å². The van der Waals surface area contributed by atoms with Gasteiger partial charge in [0, 0.05) is 25.0 Å². The van der Waals surface area contributed by atoms with E-state index < -0.39 is 5.60 Å². The van der Waals surface area contributed by atoms with E-state index in [0.717, 1.165) is 38.0 Å². The minimum atomic E-state index is -0.419. The quantitative estimate of drug-likeness (QED) is 0.661. The summed E-state index contributed by atoms with van der Waals surface area (Å²) in [5, 5.41) is 7.80. The Morgan fingerprint density at radius 3 is 2.71 bits per heavy atom. The van der Waals surface area contributed by atoms with E-state index in [1.54, 1.807) is 35.5 Å². The summed E-state index contributed by atoms with van der Waals surface area (Å²) in [6, 6.07) is 14.0. The van der Waals surface area contributed by atoms with E-state index in [9.17, 15) is 9.18 Å². The monoisotopic (exact) mass is 421 g/mol. The number of nitrogens with zero attached hydrogens (tertiary/aromatic N) is 4. The number of benzene rings is 1. The Morgan fingerprint density at radius 2 is 1.94 bits per heavy atom. The van der Waals surface area contributed by atoms with Crippen LogP contribution in [-0.4, -0.2) is 39.5 Å². The van der Waals surface area contributed by atoms with Gasteiger partial charge in [0.1, 0.15) is 28.7 Å². The minimum Gasteiger partial charge on any atom is -0.441 e. The third-order valence-corrected chi connectivity index (χ3v) is 6.17. The molecule has 0 atom stereocenters. The van der Waals surface area contributed by atoms with Crippen molar-refractivity contribution in [3.8, 4) is 5.69 Å². The van der Waals surface area contributed by atoms with Crippen LogP contribution in [0.2, 0.25) is 0 Å². The Balaban J connectivity index is 1.15. The molecule has 1 aliphatic carbocycles. The lowest BCUT2D eigenvalue weighted by atomic mass is 9.78. The van der Waals surface area contributed by atoms with Gasteiger partial charge < -0.3 is 10.1 Å². The first-order chi connectivity index (χ1) is 15.1. The summed E-state index contributed by atoms with van der Waals surface area (Å²) in [4.78, 5) is 18.3. The summed E-state index contributed by atoms with van der Waals surface area (Å²) in [5.41, 5.74) is 0.00742. The van der Waals surface area contributed by atoms with E-state index in [1.807, 2.05) is 24.3 Å². The molecule has 0 unspecified atom stereocenters. The Hall–Kier alpha value is -3.42. The molecule has 5 rings (SSSR count). The fraction of sp³-hybridized carbons (Fsp3) is 0.348. The number of ether oxygens (including phenoxy) is 1. The molecule has 0 bridgehead atoms. The largest absolute Gasteiger partial charge is 0.441 e. The summed E-state index contributed by atoms with van der Waals surface area (Å²) >= 11 is 0. The van der Waals surface area contributed by atoms with Crippen LogP contribution in [0.15, 0.2) is 60.9 Å². The van der Waals surface area contributed by atoms with Gasteiger partial charge in [0.25, 0.3) is 0 Å². The van der Waals surface area contributed by atoms with Gasteiger partial charge in [-0.25, -0.2) is 18.9 Å². The zero-order valence-corrected chi connectivity index (χ0v) is 17.1. The summed E-state index contributed by atoms with van der Waals surface area (Å²) in [7, 11) is 0. The highest BCUT2D eigenvalue weighted by Crippen LogP contribution is 2.40. The second-order valence-electron chi connectivity index (χ2n) is 8.25. The number of amides is 1. The molecule has 1 aliphatic heterocycles. The van der Waals surface area contributed by atoms with Gasteiger partial charge in [0.2, 0.25) is 0 Å². The molecule has 3 aromatic rings. The molecule has 1 N–H and O–H groups in total. The number of rotatable bonds is 5. The topological polar surface area (TPSA) is 72.3 Å². The van der Waals surface area contributed by atoms with Crippen molar-refractivity contribution in [2.45, 2.75) is 31.3 Å². The van der Waals surface area contributed by atoms with E-state index in [-0.39, 0.29) is 11.9 Å². The second-order valence-corrected chi connectivity index (χ2v) is 8.25. The van der Waals surface area contributed by atoms with Gasteiger partial charge in [-0.15, -0.1) is 0 Å². The van der Waals surface area contributed by atoms with E-state index in [0.29, 0.717) is 24.0 Å². The standard InChI is InChI=1S/C23H24FN5O2/c24-18-5-1-2-6-19(18)29-14-10-20(27-29)26-15-17-8-11-23(12-9-17)16-28(22(30)31-23)21-7-3-4-13-25-21/h1-7,10,13-14,17H,8-9,11-12,15-16H2,(H,26,27)/t17-,23-. The molecule has 7 nitrogen and oxygen atoms in total. The Kier molecular flexibility index (Phi) is 5.05. The number of nitrogens with one attached hydrogen (secondary N) is 1. The maximum Gasteiger partial charge on any atom is 0.416 e. The normalized spacial score (nSPS) is 23.2. The molecular formula is C23H24FN5O2. The highest BCUT2D eigenvalue weighted by molar-refractivity contribution is 5.89. The zero-order chi connectivity index (χ0) is 21.3. The number of carbonyl (C=O) groups is 1. The highest BCUT2D eigenvalue weighted by atomic mass is 19.1. The molecule has 160 valence electrons. The van der Waals surface area contributed by atoms with Crippen molar-refractivity contribution in [3.63, 3.8) is 0 Å². The first kappa shape index (κ1) is 19.5. The minimum absolute atomic E-state index is 0.305. The fourth-order valence-corrected chi connectivity index (χ4v) is 4.42. The van der Waals surface area contributed by atoms with Crippen LogP contribution in [0.25, 0.3) is 5.69 Å². The van der Waals surface area contributed by atoms with Crippen molar-refractivity contribution >= 4 is 17.7 Å². The molecular weight excluding hydrogens is 397 g/mol. The van der Waals surface area contributed by atoms with E-state index in [1.165, 1.54) is 10.7 Å². The van der Waals surface area contributed by atoms with Gasteiger partial charge in [0.15, 0.2) is 0 Å². The lowest BCUT2D eigenvalue weighted by molar-refractivity contribution is 0.0148. The number of hydrogen-bond donors (Lipinski definition) is 1. The number of para-hydroxylation sites is 1. The molecule has 1 spiro atoms. The summed E-state index contributed by atoms with van der Waals surface area (Å²) in [6.45, 7) is 1.33. The van der Waals surface area contributed by atoms with Gasteiger partial charge >= 0.3 is 6.09 Å². The zero-order valence-electron chi connectivity index (χ0n) is 17.1. The Bertz CT molecular complexity index is 1060. The van der Waals surface area contributed by atoms with Crippen LogP contribution in [0.3, 0.4) is 0 Å². The van der Waals surface area contributed by atoms with E-state index in [4.69, 9.17) is 4.74 Å². The van der Waals surface area contributed by atoms with Crippen molar-refractivity contribution in [2.75, 3.05) is 23.3 Å². The number of hydrogen-bond acceptors (Lipinski definition) is 5. The van der Waals surface area contributed by atoms with E-state index in [2.05, 4.69) is 15.4 Å². The molecule has 2 fully saturated rings. The van der Waals surface area contributed by atoms with Gasteiger partial charge in [0.05, 0.1) is 6.54 Å². The summed E-state index contributed by atoms with van der Waals surface area (Å²) in [5.74, 6) is 1.52. The van der Waals surface area contributed by atoms with Crippen molar-refractivity contribution in [2.24, 2.45) is 5.92 Å². The first-order valence-electron chi connectivity index (χ1n) is 10.6. The van der Waals surface area contributed by atoms with Crippen LogP contribution in [0.5, 0.6) is 0 Å². The van der Waals surface area contributed by atoms with Crippen LogP contribution >= 0.6 is 0 Å². The average molecular weight is 421 g/mol. The third kappa shape index (κ3) is 3.97. The van der Waals surface area contributed by atoms with Crippen molar-refractivity contribution in [3.05, 3.63) is 66.7 Å². The Morgan fingerprint density at radius 1 is 1.13 bits per heavy atom. The van der Waals surface area contributed by atoms with Crippen LogP contribution in [0.1, 0.15) is 25.7 Å². The summed E-state index contributed by atoms with van der Waals surface area (Å²) < 4.78 is 21.3. The van der Waals surface area contributed by atoms with Gasteiger partial charge in [-0.3, -0.25) is 4.90 Å². The molecule has 2 aromatic heterocycles. The van der Waals surface area contributed by atoms with Crippen LogP contribution < -0.4 is 10.2 Å². The van der Waals surface area contributed by atoms with Gasteiger partial charge in [-0.05, 0) is 55.9 Å². The van der Waals surface area contributed by atoms with Crippen molar-refractivity contribution < 1.29 is 13.9 Å². The lowest BCUT2D eigenvalue weighted by Gasteiger charge is -2.35. The molecule has 2 aliphatic rings. The molecule has 1 amide bonds. The Labute approximate surface area is 179 Å². The first-order valence-corrected chi connectivity index (χ1v) is 10.6. The number of anilines is 2. The average Bonchev–Trinajstić information content (AvgIpc) is 3.39. The highest BCUT2D eigenvalue weighted by Gasteiger charge is 2.47.